The van der Waals surface area contributed by atoms with E-state index in [-0.39, 0.29) is 5.69 Å². The van der Waals surface area contributed by atoms with Crippen molar-refractivity contribution in [2.75, 3.05) is 0 Å². The molecule has 4 heteroatoms. The normalized spacial score (nSPS) is 8.75. The Bertz CT molecular complexity index is 433. The van der Waals surface area contributed by atoms with Crippen molar-refractivity contribution in [1.82, 2.24) is 9.97 Å². The molecule has 0 saturated carbocycles. The van der Waals surface area contributed by atoms with E-state index in [4.69, 9.17) is 12.2 Å². The maximum absolute atomic E-state index is 10.7. The van der Waals surface area contributed by atoms with E-state index in [1.165, 1.54) is 6.20 Å². The summed E-state index contributed by atoms with van der Waals surface area (Å²) in [6.45, 7) is 1.95. The number of rotatable bonds is 0. The van der Waals surface area contributed by atoms with Crippen molar-refractivity contribution in [1.29, 1.82) is 0 Å². The van der Waals surface area contributed by atoms with Gasteiger partial charge >= 0.3 is 5.69 Å². The molecule has 0 radical (unpaired) electrons. The highest BCUT2D eigenvalue weighted by atomic mass is 32.1. The van der Waals surface area contributed by atoms with Crippen LogP contribution < -0.4 is 5.69 Å². The summed E-state index contributed by atoms with van der Waals surface area (Å²) in [7, 11) is 0. The summed E-state index contributed by atoms with van der Waals surface area (Å²) in [6.07, 6.45) is 2.29. The molecule has 0 spiro atoms. The van der Waals surface area contributed by atoms with Crippen LogP contribution in [0.15, 0.2) is 11.0 Å². The van der Waals surface area contributed by atoms with Crippen molar-refractivity contribution in [3.05, 3.63) is 26.9 Å². The molecule has 62 valence electrons. The van der Waals surface area contributed by atoms with Gasteiger partial charge in [-0.05, 0) is 0 Å². The van der Waals surface area contributed by atoms with Crippen LogP contribution in [0.3, 0.4) is 0 Å². The molecule has 1 aromatic rings. The van der Waals surface area contributed by atoms with Crippen LogP contribution in [0.1, 0.15) is 18.9 Å². The fourth-order valence-corrected chi connectivity index (χ4v) is 0.889. The molecule has 0 bridgehead atoms. The van der Waals surface area contributed by atoms with Crippen molar-refractivity contribution in [3.8, 4) is 11.8 Å². The lowest BCUT2D eigenvalue weighted by Crippen LogP contribution is -2.09. The van der Waals surface area contributed by atoms with E-state index in [0.29, 0.717) is 10.2 Å². The first-order chi connectivity index (χ1) is 5.74. The largest absolute Gasteiger partial charge is 0.323 e. The maximum atomic E-state index is 10.7. The van der Waals surface area contributed by atoms with E-state index in [1.54, 1.807) is 0 Å². The van der Waals surface area contributed by atoms with E-state index in [1.807, 2.05) is 6.92 Å². The molecule has 0 aromatic carbocycles. The van der Waals surface area contributed by atoms with Gasteiger partial charge in [0.15, 0.2) is 0 Å². The van der Waals surface area contributed by atoms with Gasteiger partial charge in [-0.25, -0.2) is 4.79 Å². The van der Waals surface area contributed by atoms with Gasteiger partial charge in [0.05, 0.1) is 5.56 Å². The minimum Gasteiger partial charge on any atom is -0.313 e. The lowest BCUT2D eigenvalue weighted by Gasteiger charge is -1.88. The van der Waals surface area contributed by atoms with Gasteiger partial charge in [-0.2, -0.15) is 0 Å². The second-order valence-corrected chi connectivity index (χ2v) is 2.55. The topological polar surface area (TPSA) is 48.6 Å². The highest BCUT2D eigenvalue weighted by Gasteiger charge is 1.89. The molecule has 1 aromatic heterocycles. The van der Waals surface area contributed by atoms with Crippen LogP contribution in [0.2, 0.25) is 0 Å². The number of hydrogen-bond donors (Lipinski definition) is 2. The summed E-state index contributed by atoms with van der Waals surface area (Å²) >= 11 is 4.87. The Morgan fingerprint density at radius 2 is 2.42 bits per heavy atom. The first kappa shape index (κ1) is 8.75. The molecular formula is C8H8N2OS. The molecule has 1 heterocycles. The predicted octanol–water partition coefficient (Wildman–Crippen LogP) is 1.19. The Kier molecular flexibility index (Phi) is 2.83. The Morgan fingerprint density at radius 3 is 3.00 bits per heavy atom. The van der Waals surface area contributed by atoms with Gasteiger partial charge in [-0.15, -0.1) is 0 Å². The van der Waals surface area contributed by atoms with Crippen molar-refractivity contribution in [2.45, 2.75) is 13.3 Å². The van der Waals surface area contributed by atoms with Crippen LogP contribution in [0.5, 0.6) is 0 Å². The Labute approximate surface area is 74.8 Å². The molecule has 12 heavy (non-hydrogen) atoms. The quantitative estimate of drug-likeness (QED) is 0.465. The van der Waals surface area contributed by atoms with Gasteiger partial charge in [-0.3, -0.25) is 4.98 Å². The summed E-state index contributed by atoms with van der Waals surface area (Å²) in [6, 6.07) is 0. The van der Waals surface area contributed by atoms with Crippen molar-refractivity contribution in [2.24, 2.45) is 0 Å². The van der Waals surface area contributed by atoms with Gasteiger partial charge in [0.2, 0.25) is 0 Å². The van der Waals surface area contributed by atoms with E-state index < -0.39 is 0 Å². The highest BCUT2D eigenvalue weighted by Crippen LogP contribution is 1.91. The molecular weight excluding hydrogens is 172 g/mol. The third-order valence-electron chi connectivity index (χ3n) is 1.22. The second kappa shape index (κ2) is 3.88. The first-order valence-electron chi connectivity index (χ1n) is 3.55. The molecule has 3 nitrogen and oxygen atoms in total. The zero-order chi connectivity index (χ0) is 8.97. The van der Waals surface area contributed by atoms with Crippen molar-refractivity contribution < 1.29 is 0 Å². The van der Waals surface area contributed by atoms with E-state index in [0.717, 1.165) is 6.42 Å². The van der Waals surface area contributed by atoms with Crippen LogP contribution in [-0.4, -0.2) is 9.97 Å². The lowest BCUT2D eigenvalue weighted by atomic mass is 10.3. The minimum atomic E-state index is -0.304. The van der Waals surface area contributed by atoms with Gasteiger partial charge < -0.3 is 4.98 Å². The van der Waals surface area contributed by atoms with Gasteiger partial charge in [0.25, 0.3) is 0 Å². The average molecular weight is 180 g/mol. The molecule has 0 unspecified atom stereocenters. The zero-order valence-corrected chi connectivity index (χ0v) is 7.42. The molecule has 0 aliphatic carbocycles. The Balaban J connectivity index is 3.19. The molecule has 0 fully saturated rings. The Morgan fingerprint density at radius 1 is 1.67 bits per heavy atom. The van der Waals surface area contributed by atoms with E-state index in [9.17, 15) is 4.79 Å². The van der Waals surface area contributed by atoms with Gasteiger partial charge in [0, 0.05) is 12.6 Å². The van der Waals surface area contributed by atoms with Crippen molar-refractivity contribution in [3.63, 3.8) is 0 Å². The molecule has 1 rings (SSSR count). The molecule has 0 atom stereocenters. The van der Waals surface area contributed by atoms with Crippen molar-refractivity contribution >= 4 is 12.2 Å². The zero-order valence-electron chi connectivity index (χ0n) is 6.60. The predicted molar refractivity (Wildman–Crippen MR) is 49.4 cm³/mol. The van der Waals surface area contributed by atoms with Crippen LogP contribution in [-0.2, 0) is 0 Å². The summed E-state index contributed by atoms with van der Waals surface area (Å²) in [5.74, 6) is 5.70. The standard InChI is InChI=1S/C8H8N2OS/c1-2-3-4-6-5-9-8(11)10-7(6)12/h5H,2H2,1H3,(H2,9,10,11,12). The highest BCUT2D eigenvalue weighted by molar-refractivity contribution is 7.71. The van der Waals surface area contributed by atoms with E-state index in [2.05, 4.69) is 21.8 Å². The summed E-state index contributed by atoms with van der Waals surface area (Å²) < 4.78 is 0.389. The number of H-pyrrole nitrogens is 2. The van der Waals surface area contributed by atoms with Crippen LogP contribution in [0.4, 0.5) is 0 Å². The number of hydrogen-bond acceptors (Lipinski definition) is 2. The number of aromatic nitrogens is 2. The number of nitrogens with one attached hydrogen (secondary N) is 2. The summed E-state index contributed by atoms with van der Waals surface area (Å²) in [4.78, 5) is 15.6. The molecule has 0 aliphatic heterocycles. The van der Waals surface area contributed by atoms with Crippen LogP contribution in [0, 0.1) is 16.5 Å². The average Bonchev–Trinajstić information content (AvgIpc) is 2.03. The SMILES string of the molecule is CCC#Cc1c[nH]c(=O)[nH]c1=S. The smallest absolute Gasteiger partial charge is 0.313 e. The fraction of sp³-hybridized carbons (Fsp3) is 0.250. The summed E-state index contributed by atoms with van der Waals surface area (Å²) in [5, 5.41) is 0. The minimum absolute atomic E-state index is 0.304. The fourth-order valence-electron chi connectivity index (χ4n) is 0.686. The third-order valence-corrected chi connectivity index (χ3v) is 1.54. The Hall–Kier alpha value is -1.34. The van der Waals surface area contributed by atoms with Gasteiger partial charge in [0.1, 0.15) is 4.64 Å². The van der Waals surface area contributed by atoms with E-state index >= 15 is 0 Å². The van der Waals surface area contributed by atoms with Crippen LogP contribution in [0.25, 0.3) is 0 Å². The van der Waals surface area contributed by atoms with Gasteiger partial charge in [-0.1, -0.05) is 31.0 Å². The summed E-state index contributed by atoms with van der Waals surface area (Å²) in [5.41, 5.74) is 0.355. The lowest BCUT2D eigenvalue weighted by molar-refractivity contribution is 1.05. The second-order valence-electron chi connectivity index (χ2n) is 2.14. The number of aromatic amines is 2. The van der Waals surface area contributed by atoms with Crippen LogP contribution >= 0.6 is 12.2 Å². The molecule has 0 saturated heterocycles. The first-order valence-corrected chi connectivity index (χ1v) is 3.95. The molecule has 2 N–H and O–H groups in total. The maximum Gasteiger partial charge on any atom is 0.323 e. The molecule has 0 aliphatic rings. The monoisotopic (exact) mass is 180 g/mol. The molecule has 0 amide bonds. The third kappa shape index (κ3) is 2.07.